The van der Waals surface area contributed by atoms with Crippen molar-refractivity contribution in [3.8, 4) is 0 Å². The van der Waals surface area contributed by atoms with E-state index in [4.69, 9.17) is 8.54 Å². The van der Waals surface area contributed by atoms with Crippen LogP contribution in [-0.2, 0) is 4.79 Å². The summed E-state index contributed by atoms with van der Waals surface area (Å²) in [5.41, 5.74) is 0.829. The van der Waals surface area contributed by atoms with Gasteiger partial charge in [0.2, 0.25) is 0 Å². The second-order valence-corrected chi connectivity index (χ2v) is 2.11. The van der Waals surface area contributed by atoms with Gasteiger partial charge in [0.15, 0.2) is 0 Å². The van der Waals surface area contributed by atoms with Gasteiger partial charge in [-0.2, -0.15) is 0 Å². The minimum atomic E-state index is -0.853. The number of carboxylic acid groups (broad SMARTS) is 1. The Bertz CT molecular complexity index is 240. The molecule has 0 fully saturated rings. The van der Waals surface area contributed by atoms with Crippen LogP contribution in [0.4, 0.5) is 5.69 Å². The molecule has 1 aromatic rings. The lowest BCUT2D eigenvalue weighted by Gasteiger charge is -2.00. The number of carbonyl (C=O) groups is 1. The van der Waals surface area contributed by atoms with Crippen LogP contribution < -0.4 is 5.32 Å². The molecule has 0 aliphatic carbocycles. The second kappa shape index (κ2) is 7.81. The normalized spacial score (nSPS) is 8.15. The van der Waals surface area contributed by atoms with E-state index in [0.29, 0.717) is 0 Å². The van der Waals surface area contributed by atoms with Gasteiger partial charge in [-0.05, 0) is 12.1 Å². The fraction of sp³-hybridized carbons (Fsp3) is 0.125. The van der Waals surface area contributed by atoms with E-state index in [-0.39, 0.29) is 6.54 Å². The lowest BCUT2D eigenvalue weighted by molar-refractivity contribution is -0.134. The Kier molecular flexibility index (Phi) is 7.32. The first-order valence-electron chi connectivity index (χ1n) is 3.46. The average Bonchev–Trinajstić information content (AvgIpc) is 2.19. The fourth-order valence-electron chi connectivity index (χ4n) is 0.734. The molecule has 0 radical (unpaired) electrons. The Hall–Kier alpha value is -0.820. The molecule has 1 rings (SSSR count). The highest BCUT2D eigenvalue weighted by Gasteiger charge is 1.93. The van der Waals surface area contributed by atoms with Crippen molar-refractivity contribution in [2.24, 2.45) is 0 Å². The molecule has 0 aromatic heterocycles. The number of aliphatic carboxylic acids is 1. The van der Waals surface area contributed by atoms with E-state index < -0.39 is 5.97 Å². The van der Waals surface area contributed by atoms with Gasteiger partial charge in [0.05, 0.1) is 0 Å². The molecule has 0 atom stereocenters. The number of halogens is 1. The van der Waals surface area contributed by atoms with Gasteiger partial charge in [0, 0.05) is 5.69 Å². The molecule has 0 saturated carbocycles. The van der Waals surface area contributed by atoms with E-state index in [9.17, 15) is 4.79 Å². The highest BCUT2D eigenvalue weighted by atomic mass is 127. The second-order valence-electron chi connectivity index (χ2n) is 2.11. The Morgan fingerprint density at radius 1 is 1.31 bits per heavy atom. The molecule has 0 aliphatic rings. The van der Waals surface area contributed by atoms with Crippen LogP contribution in [0.15, 0.2) is 30.3 Å². The lowest BCUT2D eigenvalue weighted by Crippen LogP contribution is -2.11. The molecule has 3 N–H and O–H groups in total. The molecule has 0 heterocycles. The zero-order valence-corrected chi connectivity index (χ0v) is 8.93. The minimum Gasteiger partial charge on any atom is -0.480 e. The van der Waals surface area contributed by atoms with Crippen molar-refractivity contribution in [3.05, 3.63) is 30.3 Å². The average molecular weight is 295 g/mol. The van der Waals surface area contributed by atoms with Crippen LogP contribution in [0.1, 0.15) is 0 Å². The number of anilines is 1. The summed E-state index contributed by atoms with van der Waals surface area (Å²) in [5.74, 6) is -0.853. The molecule has 0 unspecified atom stereocenters. The Balaban J connectivity index is 0.000000671. The maximum atomic E-state index is 10.1. The SMILES string of the molecule is O=C(O)CNc1ccccc1.OI. The van der Waals surface area contributed by atoms with E-state index in [1.807, 2.05) is 30.3 Å². The Morgan fingerprint density at radius 3 is 2.31 bits per heavy atom. The van der Waals surface area contributed by atoms with E-state index in [2.05, 4.69) is 5.32 Å². The first-order valence-corrected chi connectivity index (χ1v) is 4.43. The summed E-state index contributed by atoms with van der Waals surface area (Å²) in [6.45, 7) is -0.0377. The molecule has 0 aliphatic heterocycles. The summed E-state index contributed by atoms with van der Waals surface area (Å²) in [7, 11) is 0. The van der Waals surface area contributed by atoms with Crippen LogP contribution in [0.3, 0.4) is 0 Å². The van der Waals surface area contributed by atoms with Gasteiger partial charge < -0.3 is 13.9 Å². The summed E-state index contributed by atoms with van der Waals surface area (Å²) in [5, 5.41) is 11.1. The molecule has 72 valence electrons. The van der Waals surface area contributed by atoms with Gasteiger partial charge in [-0.3, -0.25) is 4.79 Å². The van der Waals surface area contributed by atoms with Crippen LogP contribution in [0.5, 0.6) is 0 Å². The number of para-hydroxylation sites is 1. The number of rotatable bonds is 3. The Labute approximate surface area is 90.3 Å². The number of hydrogen-bond acceptors (Lipinski definition) is 3. The largest absolute Gasteiger partial charge is 0.480 e. The monoisotopic (exact) mass is 295 g/mol. The minimum absolute atomic E-state index is 0.0377. The highest BCUT2D eigenvalue weighted by molar-refractivity contribution is 14.1. The van der Waals surface area contributed by atoms with E-state index in [0.717, 1.165) is 28.7 Å². The summed E-state index contributed by atoms with van der Waals surface area (Å²) < 4.78 is 6.97. The van der Waals surface area contributed by atoms with Gasteiger partial charge >= 0.3 is 5.97 Å². The smallest absolute Gasteiger partial charge is 0.322 e. The molecule has 4 nitrogen and oxygen atoms in total. The van der Waals surface area contributed by atoms with Gasteiger partial charge in [-0.15, -0.1) is 0 Å². The molecule has 0 spiro atoms. The van der Waals surface area contributed by atoms with Crippen molar-refractivity contribution in [1.29, 1.82) is 0 Å². The van der Waals surface area contributed by atoms with Crippen molar-refractivity contribution in [2.75, 3.05) is 11.9 Å². The molecule has 0 amide bonds. The zero-order valence-electron chi connectivity index (χ0n) is 6.77. The topological polar surface area (TPSA) is 69.6 Å². The van der Waals surface area contributed by atoms with Gasteiger partial charge in [0.1, 0.15) is 29.6 Å². The molecular weight excluding hydrogens is 285 g/mol. The van der Waals surface area contributed by atoms with Crippen LogP contribution >= 0.6 is 23.0 Å². The van der Waals surface area contributed by atoms with E-state index in [1.54, 1.807) is 0 Å². The van der Waals surface area contributed by atoms with Crippen LogP contribution in [0, 0.1) is 0 Å². The van der Waals surface area contributed by atoms with Gasteiger partial charge in [-0.1, -0.05) is 18.2 Å². The number of benzene rings is 1. The maximum Gasteiger partial charge on any atom is 0.322 e. The molecule has 13 heavy (non-hydrogen) atoms. The quantitative estimate of drug-likeness (QED) is 0.739. The molecular formula is C8H10INO3. The predicted octanol–water partition coefficient (Wildman–Crippen LogP) is 1.51. The van der Waals surface area contributed by atoms with Crippen molar-refractivity contribution < 1.29 is 13.3 Å². The standard InChI is InChI=1S/C8H9NO2.HIO/c10-8(11)6-9-7-4-2-1-3-5-7;1-2/h1-5,9H,6H2,(H,10,11);2H. The lowest BCUT2D eigenvalue weighted by atomic mass is 10.3. The highest BCUT2D eigenvalue weighted by Crippen LogP contribution is 2.03. The molecule has 1 aromatic carbocycles. The number of carboxylic acids is 1. The summed E-state index contributed by atoms with van der Waals surface area (Å²) in [6, 6.07) is 9.23. The number of nitrogens with one attached hydrogen (secondary N) is 1. The first kappa shape index (κ1) is 12.2. The van der Waals surface area contributed by atoms with Gasteiger partial charge in [-0.25, -0.2) is 0 Å². The van der Waals surface area contributed by atoms with Crippen LogP contribution in [-0.4, -0.2) is 21.1 Å². The fourth-order valence-corrected chi connectivity index (χ4v) is 0.734. The summed E-state index contributed by atoms with van der Waals surface area (Å²) >= 11 is 1.15. The third-order valence-electron chi connectivity index (χ3n) is 1.22. The van der Waals surface area contributed by atoms with Crippen molar-refractivity contribution in [1.82, 2.24) is 0 Å². The molecule has 5 heteroatoms. The van der Waals surface area contributed by atoms with Crippen LogP contribution in [0.2, 0.25) is 0 Å². The first-order chi connectivity index (χ1) is 6.29. The van der Waals surface area contributed by atoms with Crippen molar-refractivity contribution in [3.63, 3.8) is 0 Å². The molecule has 0 bridgehead atoms. The van der Waals surface area contributed by atoms with Gasteiger partial charge in [0.25, 0.3) is 0 Å². The molecule has 0 saturated heterocycles. The third-order valence-corrected chi connectivity index (χ3v) is 1.22. The maximum absolute atomic E-state index is 10.1. The van der Waals surface area contributed by atoms with Crippen LogP contribution in [0.25, 0.3) is 0 Å². The van der Waals surface area contributed by atoms with E-state index >= 15 is 0 Å². The van der Waals surface area contributed by atoms with Crippen molar-refractivity contribution >= 4 is 34.7 Å². The summed E-state index contributed by atoms with van der Waals surface area (Å²) in [6.07, 6.45) is 0. The van der Waals surface area contributed by atoms with E-state index in [1.165, 1.54) is 0 Å². The third kappa shape index (κ3) is 6.35. The number of hydrogen-bond donors (Lipinski definition) is 3. The Morgan fingerprint density at radius 2 is 1.85 bits per heavy atom. The predicted molar refractivity (Wildman–Crippen MR) is 58.8 cm³/mol. The zero-order chi connectivity index (χ0) is 10.1. The summed E-state index contributed by atoms with van der Waals surface area (Å²) in [4.78, 5) is 10.1. The van der Waals surface area contributed by atoms with Crippen molar-refractivity contribution in [2.45, 2.75) is 0 Å².